The first kappa shape index (κ1) is 9.18. The number of nitrogens with one attached hydrogen (secondary N) is 1. The molecule has 0 fully saturated rings. The van der Waals surface area contributed by atoms with E-state index in [1.165, 1.54) is 13.8 Å². The number of H-pyrrole nitrogens is 1. The van der Waals surface area contributed by atoms with Gasteiger partial charge < -0.3 is 0 Å². The number of aromatic amines is 1. The molecule has 4 nitrogen and oxygen atoms in total. The van der Waals surface area contributed by atoms with Crippen LogP contribution in [0.1, 0.15) is 13.8 Å². The fourth-order valence-corrected chi connectivity index (χ4v) is 1.67. The third-order valence-corrected chi connectivity index (χ3v) is 3.56. The normalized spacial score (nSPS) is 12.3. The Labute approximate surface area is 69.7 Å². The Bertz CT molecular complexity index is 369. The smallest absolute Gasteiger partial charge is 0.200 e. The summed E-state index contributed by atoms with van der Waals surface area (Å²) in [4.78, 5) is 0. The van der Waals surface area contributed by atoms with Gasteiger partial charge in [0.15, 0.2) is 20.7 Å². The van der Waals surface area contributed by atoms with E-state index in [-0.39, 0.29) is 0 Å². The number of aromatic nitrogens is 2. The molecule has 0 aliphatic heterocycles. The van der Waals surface area contributed by atoms with E-state index >= 15 is 0 Å². The van der Waals surface area contributed by atoms with Crippen LogP contribution >= 0.6 is 0 Å². The highest BCUT2D eigenvalue weighted by molar-refractivity contribution is 7.91. The highest BCUT2D eigenvalue weighted by Crippen LogP contribution is 2.15. The van der Waals surface area contributed by atoms with Crippen LogP contribution in [-0.4, -0.2) is 23.9 Å². The van der Waals surface area contributed by atoms with Crippen LogP contribution in [0.15, 0.2) is 11.2 Å². The van der Waals surface area contributed by atoms with E-state index in [1.54, 1.807) is 0 Å². The molecule has 0 bridgehead atoms. The van der Waals surface area contributed by atoms with Crippen molar-refractivity contribution in [2.45, 2.75) is 24.1 Å². The van der Waals surface area contributed by atoms with Crippen LogP contribution < -0.4 is 0 Å². The van der Waals surface area contributed by atoms with Crippen molar-refractivity contribution >= 4 is 9.84 Å². The average molecular weight is 192 g/mol. The van der Waals surface area contributed by atoms with Gasteiger partial charge in [-0.05, 0) is 13.8 Å². The quantitative estimate of drug-likeness (QED) is 0.751. The van der Waals surface area contributed by atoms with Crippen molar-refractivity contribution in [3.8, 4) is 0 Å². The van der Waals surface area contributed by atoms with Gasteiger partial charge in [0.05, 0.1) is 11.4 Å². The lowest BCUT2D eigenvalue weighted by Crippen LogP contribution is -2.15. The maximum atomic E-state index is 12.7. The van der Waals surface area contributed by atoms with Crippen molar-refractivity contribution in [2.75, 3.05) is 0 Å². The SMILES string of the molecule is CC(C)S(=O)(=O)c1[nH]ncc1F. The number of halogens is 1. The monoisotopic (exact) mass is 192 g/mol. The van der Waals surface area contributed by atoms with Gasteiger partial charge in [-0.15, -0.1) is 0 Å². The molecule has 0 aromatic carbocycles. The summed E-state index contributed by atoms with van der Waals surface area (Å²) in [5, 5.41) is 4.33. The van der Waals surface area contributed by atoms with Crippen LogP contribution in [0.25, 0.3) is 0 Å². The highest BCUT2D eigenvalue weighted by Gasteiger charge is 2.24. The van der Waals surface area contributed by atoms with E-state index in [0.717, 1.165) is 6.20 Å². The van der Waals surface area contributed by atoms with E-state index < -0.39 is 25.9 Å². The first-order valence-electron chi connectivity index (χ1n) is 3.39. The maximum absolute atomic E-state index is 12.7. The van der Waals surface area contributed by atoms with Gasteiger partial charge in [0.2, 0.25) is 0 Å². The molecule has 0 spiro atoms. The fourth-order valence-electron chi connectivity index (χ4n) is 0.695. The molecule has 0 aliphatic rings. The topological polar surface area (TPSA) is 62.8 Å². The minimum Gasteiger partial charge on any atom is -0.265 e. The molecule has 1 heterocycles. The zero-order valence-electron chi connectivity index (χ0n) is 6.70. The minimum atomic E-state index is -3.56. The predicted octanol–water partition coefficient (Wildman–Crippen LogP) is 0.731. The number of sulfone groups is 1. The molecule has 12 heavy (non-hydrogen) atoms. The molecule has 0 unspecified atom stereocenters. The maximum Gasteiger partial charge on any atom is 0.200 e. The van der Waals surface area contributed by atoms with Crippen LogP contribution in [0.5, 0.6) is 0 Å². The highest BCUT2D eigenvalue weighted by atomic mass is 32.2. The second-order valence-electron chi connectivity index (χ2n) is 2.64. The summed E-state index contributed by atoms with van der Waals surface area (Å²) >= 11 is 0. The van der Waals surface area contributed by atoms with Crippen molar-refractivity contribution in [2.24, 2.45) is 0 Å². The molecule has 0 amide bonds. The van der Waals surface area contributed by atoms with Gasteiger partial charge in [0.25, 0.3) is 0 Å². The van der Waals surface area contributed by atoms with Crippen LogP contribution in [0.4, 0.5) is 4.39 Å². The largest absolute Gasteiger partial charge is 0.265 e. The van der Waals surface area contributed by atoms with Crippen molar-refractivity contribution in [3.63, 3.8) is 0 Å². The Morgan fingerprint density at radius 2 is 2.17 bits per heavy atom. The zero-order chi connectivity index (χ0) is 9.35. The van der Waals surface area contributed by atoms with Crippen molar-refractivity contribution < 1.29 is 12.8 Å². The van der Waals surface area contributed by atoms with Crippen LogP contribution in [0.2, 0.25) is 0 Å². The molecule has 0 saturated carbocycles. The molecule has 0 saturated heterocycles. The van der Waals surface area contributed by atoms with E-state index in [0.29, 0.717) is 0 Å². The number of hydrogen-bond donors (Lipinski definition) is 1. The van der Waals surface area contributed by atoms with Crippen LogP contribution in [0, 0.1) is 5.82 Å². The third kappa shape index (κ3) is 1.34. The lowest BCUT2D eigenvalue weighted by Gasteiger charge is -2.03. The molecular weight excluding hydrogens is 183 g/mol. The van der Waals surface area contributed by atoms with E-state index in [4.69, 9.17) is 0 Å². The van der Waals surface area contributed by atoms with Gasteiger partial charge in [0.1, 0.15) is 0 Å². The summed E-state index contributed by atoms with van der Waals surface area (Å²) in [7, 11) is -3.56. The van der Waals surface area contributed by atoms with Gasteiger partial charge >= 0.3 is 0 Å². The van der Waals surface area contributed by atoms with Gasteiger partial charge in [-0.2, -0.15) is 5.10 Å². The zero-order valence-corrected chi connectivity index (χ0v) is 7.52. The van der Waals surface area contributed by atoms with Crippen molar-refractivity contribution in [3.05, 3.63) is 12.0 Å². The number of hydrogen-bond acceptors (Lipinski definition) is 3. The predicted molar refractivity (Wildman–Crippen MR) is 40.9 cm³/mol. The lowest BCUT2D eigenvalue weighted by molar-refractivity contribution is 0.556. The Morgan fingerprint density at radius 3 is 2.50 bits per heavy atom. The molecule has 0 atom stereocenters. The van der Waals surface area contributed by atoms with Crippen molar-refractivity contribution in [1.29, 1.82) is 0 Å². The lowest BCUT2D eigenvalue weighted by atomic mass is 10.6. The molecule has 6 heteroatoms. The summed E-state index contributed by atoms with van der Waals surface area (Å²) in [5.41, 5.74) is 0. The second kappa shape index (κ2) is 2.85. The molecular formula is C6H9FN2O2S. The van der Waals surface area contributed by atoms with Gasteiger partial charge in [-0.1, -0.05) is 0 Å². The summed E-state index contributed by atoms with van der Waals surface area (Å²) in [6.07, 6.45) is 0.843. The first-order valence-corrected chi connectivity index (χ1v) is 4.93. The molecule has 0 radical (unpaired) electrons. The Hall–Kier alpha value is -0.910. The Balaban J connectivity index is 3.24. The van der Waals surface area contributed by atoms with Crippen molar-refractivity contribution in [1.82, 2.24) is 10.2 Å². The van der Waals surface area contributed by atoms with Crippen LogP contribution in [-0.2, 0) is 9.84 Å². The fraction of sp³-hybridized carbons (Fsp3) is 0.500. The van der Waals surface area contributed by atoms with E-state index in [9.17, 15) is 12.8 Å². The van der Waals surface area contributed by atoms with E-state index in [1.807, 2.05) is 0 Å². The molecule has 0 aliphatic carbocycles. The molecule has 1 N–H and O–H groups in total. The summed E-state index contributed by atoms with van der Waals surface area (Å²) in [6, 6.07) is 0. The molecule has 1 rings (SSSR count). The van der Waals surface area contributed by atoms with Crippen LogP contribution in [0.3, 0.4) is 0 Å². The standard InChI is InChI=1S/C6H9FN2O2S/c1-4(2)12(10,11)6-5(7)3-8-9-6/h3-4H,1-2H3,(H,8,9). The number of rotatable bonds is 2. The molecule has 1 aromatic rings. The van der Waals surface area contributed by atoms with Gasteiger partial charge in [0, 0.05) is 0 Å². The van der Waals surface area contributed by atoms with Gasteiger partial charge in [-0.3, -0.25) is 5.10 Å². The van der Waals surface area contributed by atoms with E-state index in [2.05, 4.69) is 10.2 Å². The minimum absolute atomic E-state index is 0.433. The second-order valence-corrected chi connectivity index (χ2v) is 5.08. The molecule has 68 valence electrons. The average Bonchev–Trinajstić information content (AvgIpc) is 2.35. The summed E-state index contributed by atoms with van der Waals surface area (Å²) in [5.74, 6) is -0.830. The third-order valence-electron chi connectivity index (χ3n) is 1.47. The molecule has 1 aromatic heterocycles. The summed E-state index contributed by atoms with van der Waals surface area (Å²) in [6.45, 7) is 2.96. The Morgan fingerprint density at radius 1 is 1.58 bits per heavy atom. The first-order chi connectivity index (χ1) is 5.46. The van der Waals surface area contributed by atoms with Gasteiger partial charge in [-0.25, -0.2) is 12.8 Å². The number of nitrogens with zero attached hydrogens (tertiary/aromatic N) is 1. The summed E-state index contributed by atoms with van der Waals surface area (Å²) < 4.78 is 35.3. The Kier molecular flexibility index (Phi) is 2.18.